The molecule has 1 N–H and O–H groups in total. The maximum absolute atomic E-state index is 12.6. The summed E-state index contributed by atoms with van der Waals surface area (Å²) in [6.07, 6.45) is -2.22. The summed E-state index contributed by atoms with van der Waals surface area (Å²) in [5, 5.41) is 8.89. The van der Waals surface area contributed by atoms with E-state index in [1.165, 1.54) is 0 Å². The van der Waals surface area contributed by atoms with E-state index in [9.17, 15) is 18.0 Å². The predicted molar refractivity (Wildman–Crippen MR) is 95.9 cm³/mol. The number of benzene rings is 1. The Kier molecular flexibility index (Phi) is 5.13. The second-order valence-electron chi connectivity index (χ2n) is 6.72. The van der Waals surface area contributed by atoms with Crippen LogP contribution in [-0.2, 0) is 6.18 Å². The largest absolute Gasteiger partial charge is 0.445 e. The molecular formula is C17H17F3N4OS2. The van der Waals surface area contributed by atoms with Crippen LogP contribution in [-0.4, -0.2) is 46.7 Å². The van der Waals surface area contributed by atoms with E-state index in [0.29, 0.717) is 27.7 Å². The predicted octanol–water partition coefficient (Wildman–Crippen LogP) is 3.53. The summed E-state index contributed by atoms with van der Waals surface area (Å²) < 4.78 is 38.0. The number of nitrogens with one attached hydrogen (secondary N) is 1. The van der Waals surface area contributed by atoms with Gasteiger partial charge in [0.1, 0.15) is 0 Å². The van der Waals surface area contributed by atoms with Gasteiger partial charge in [0.15, 0.2) is 4.34 Å². The Hall–Kier alpha value is -1.65. The molecule has 5 nitrogen and oxygen atoms in total. The molecule has 0 saturated carbocycles. The molecular weight excluding hydrogens is 397 g/mol. The first-order chi connectivity index (χ1) is 12.9. The van der Waals surface area contributed by atoms with Gasteiger partial charge in [-0.2, -0.15) is 13.2 Å². The van der Waals surface area contributed by atoms with Crippen LogP contribution in [0.25, 0.3) is 0 Å². The van der Waals surface area contributed by atoms with E-state index in [2.05, 4.69) is 20.4 Å². The van der Waals surface area contributed by atoms with E-state index in [-0.39, 0.29) is 16.3 Å². The molecule has 2 bridgehead atoms. The van der Waals surface area contributed by atoms with E-state index in [0.717, 1.165) is 44.2 Å². The molecule has 27 heavy (non-hydrogen) atoms. The average Bonchev–Trinajstić information content (AvgIpc) is 3.12. The summed E-state index contributed by atoms with van der Waals surface area (Å²) in [7, 11) is 0. The van der Waals surface area contributed by atoms with Crippen LogP contribution < -0.4 is 5.32 Å². The minimum atomic E-state index is -4.48. The smallest absolute Gasteiger partial charge is 0.348 e. The van der Waals surface area contributed by atoms with E-state index in [1.54, 1.807) is 24.3 Å². The van der Waals surface area contributed by atoms with Crippen molar-refractivity contribution in [1.82, 2.24) is 20.4 Å². The third-order valence-electron chi connectivity index (χ3n) is 4.94. The number of aromatic nitrogens is 2. The van der Waals surface area contributed by atoms with E-state index in [1.807, 2.05) is 0 Å². The lowest BCUT2D eigenvalue weighted by molar-refractivity contribution is -0.138. The molecule has 1 amide bonds. The fourth-order valence-electron chi connectivity index (χ4n) is 3.52. The van der Waals surface area contributed by atoms with Crippen molar-refractivity contribution in [2.45, 2.75) is 34.3 Å². The van der Waals surface area contributed by atoms with Crippen molar-refractivity contribution in [3.05, 3.63) is 34.8 Å². The lowest BCUT2D eigenvalue weighted by atomic mass is 9.84. The summed E-state index contributed by atoms with van der Waals surface area (Å²) in [4.78, 5) is 15.6. The van der Waals surface area contributed by atoms with Gasteiger partial charge in [-0.05, 0) is 56.1 Å². The molecule has 3 aliphatic rings. The molecule has 0 aliphatic carbocycles. The van der Waals surface area contributed by atoms with Crippen molar-refractivity contribution in [2.24, 2.45) is 5.92 Å². The van der Waals surface area contributed by atoms with Crippen molar-refractivity contribution in [2.75, 3.05) is 19.6 Å². The topological polar surface area (TPSA) is 58.1 Å². The lowest BCUT2D eigenvalue weighted by Gasteiger charge is -2.44. The fourth-order valence-corrected chi connectivity index (χ4v) is 5.21. The number of rotatable bonds is 4. The van der Waals surface area contributed by atoms with E-state index >= 15 is 0 Å². The molecule has 3 fully saturated rings. The number of amides is 1. The van der Waals surface area contributed by atoms with Gasteiger partial charge in [0.05, 0.1) is 0 Å². The highest BCUT2D eigenvalue weighted by molar-refractivity contribution is 8.01. The Bertz CT molecular complexity index is 816. The highest BCUT2D eigenvalue weighted by Gasteiger charge is 2.36. The summed E-state index contributed by atoms with van der Waals surface area (Å²) in [6, 6.07) is 6.99. The van der Waals surface area contributed by atoms with Gasteiger partial charge in [-0.1, -0.05) is 23.1 Å². The average molecular weight is 414 g/mol. The Morgan fingerprint density at radius 2 is 1.89 bits per heavy atom. The third-order valence-corrected chi connectivity index (χ3v) is 6.97. The Balaban J connectivity index is 1.37. The van der Waals surface area contributed by atoms with Gasteiger partial charge in [0.25, 0.3) is 5.91 Å². The molecule has 1 aromatic heterocycles. The molecule has 10 heteroatoms. The fraction of sp³-hybridized carbons (Fsp3) is 0.471. The van der Waals surface area contributed by atoms with Gasteiger partial charge in [-0.3, -0.25) is 4.79 Å². The summed E-state index contributed by atoms with van der Waals surface area (Å²) in [6.45, 7) is 3.14. The van der Waals surface area contributed by atoms with Crippen LogP contribution in [0.3, 0.4) is 0 Å². The number of fused-ring (bicyclic) bond motifs is 3. The highest BCUT2D eigenvalue weighted by atomic mass is 32.2. The molecule has 0 radical (unpaired) electrons. The first-order valence-corrected chi connectivity index (χ1v) is 10.2. The normalized spacial score (nSPS) is 24.8. The van der Waals surface area contributed by atoms with E-state index < -0.39 is 11.2 Å². The number of halogens is 3. The Morgan fingerprint density at radius 1 is 1.19 bits per heavy atom. The molecule has 5 rings (SSSR count). The van der Waals surface area contributed by atoms with Crippen LogP contribution in [0.5, 0.6) is 0 Å². The maximum atomic E-state index is 12.6. The minimum Gasteiger partial charge on any atom is -0.348 e. The number of piperidine rings is 3. The number of nitrogens with zero attached hydrogens (tertiary/aromatic N) is 3. The van der Waals surface area contributed by atoms with Crippen molar-refractivity contribution >= 4 is 29.0 Å². The standard InChI is InChI=1S/C17H17F3N4OS2/c18-17(19,20)15-22-23-16(27-15)26-12-3-1-11(2-4-12)14(25)21-13-9-24-7-5-10(13)6-8-24/h1-4,10,13H,5-9H2,(H,21,25). The highest BCUT2D eigenvalue weighted by Crippen LogP contribution is 2.37. The van der Waals surface area contributed by atoms with Crippen LogP contribution >= 0.6 is 23.1 Å². The first-order valence-electron chi connectivity index (χ1n) is 8.60. The SMILES string of the molecule is O=C(NC1CN2CCC1CC2)c1ccc(Sc2nnc(C(F)(F)F)s2)cc1. The molecule has 1 unspecified atom stereocenters. The van der Waals surface area contributed by atoms with Crippen molar-refractivity contribution in [3.8, 4) is 0 Å². The second kappa shape index (κ2) is 7.40. The third kappa shape index (κ3) is 4.27. The molecule has 0 spiro atoms. The van der Waals surface area contributed by atoms with Crippen molar-refractivity contribution < 1.29 is 18.0 Å². The first kappa shape index (κ1) is 18.7. The molecule has 3 aliphatic heterocycles. The van der Waals surface area contributed by atoms with Gasteiger partial charge in [0, 0.05) is 23.0 Å². The van der Waals surface area contributed by atoms with Gasteiger partial charge < -0.3 is 10.2 Å². The zero-order valence-electron chi connectivity index (χ0n) is 14.2. The number of carbonyl (C=O) groups excluding carboxylic acids is 1. The Morgan fingerprint density at radius 3 is 2.44 bits per heavy atom. The van der Waals surface area contributed by atoms with Crippen molar-refractivity contribution in [1.29, 1.82) is 0 Å². The van der Waals surface area contributed by atoms with Gasteiger partial charge in [0.2, 0.25) is 5.01 Å². The van der Waals surface area contributed by atoms with Crippen LogP contribution in [0.4, 0.5) is 13.2 Å². The monoisotopic (exact) mass is 414 g/mol. The second-order valence-corrected chi connectivity index (χ2v) is 9.01. The van der Waals surface area contributed by atoms with Crippen LogP contribution in [0.1, 0.15) is 28.2 Å². The summed E-state index contributed by atoms with van der Waals surface area (Å²) >= 11 is 1.60. The quantitative estimate of drug-likeness (QED) is 0.830. The lowest BCUT2D eigenvalue weighted by Crippen LogP contribution is -2.57. The Labute approximate surface area is 162 Å². The van der Waals surface area contributed by atoms with Crippen LogP contribution in [0.2, 0.25) is 0 Å². The molecule has 144 valence electrons. The maximum Gasteiger partial charge on any atom is 0.445 e. The minimum absolute atomic E-state index is 0.111. The zero-order chi connectivity index (χ0) is 19.0. The molecule has 1 atom stereocenters. The van der Waals surface area contributed by atoms with Crippen LogP contribution in [0.15, 0.2) is 33.5 Å². The van der Waals surface area contributed by atoms with Crippen molar-refractivity contribution in [3.63, 3.8) is 0 Å². The molecule has 4 heterocycles. The molecule has 3 saturated heterocycles. The van der Waals surface area contributed by atoms with Gasteiger partial charge in [-0.15, -0.1) is 10.2 Å². The molecule has 1 aromatic carbocycles. The number of hydrogen-bond donors (Lipinski definition) is 1. The number of hydrogen-bond acceptors (Lipinski definition) is 6. The number of carbonyl (C=O) groups is 1. The summed E-state index contributed by atoms with van der Waals surface area (Å²) in [5.74, 6) is 0.439. The van der Waals surface area contributed by atoms with Gasteiger partial charge >= 0.3 is 6.18 Å². The van der Waals surface area contributed by atoms with Gasteiger partial charge in [-0.25, -0.2) is 0 Å². The van der Waals surface area contributed by atoms with E-state index in [4.69, 9.17) is 0 Å². The number of alkyl halides is 3. The zero-order valence-corrected chi connectivity index (χ0v) is 15.8. The summed E-state index contributed by atoms with van der Waals surface area (Å²) in [5.41, 5.74) is 0.545. The van der Waals surface area contributed by atoms with Crippen LogP contribution in [0, 0.1) is 5.92 Å². The molecule has 2 aromatic rings.